The quantitative estimate of drug-likeness (QED) is 0.752. The van der Waals surface area contributed by atoms with E-state index in [0.717, 1.165) is 0 Å². The van der Waals surface area contributed by atoms with Crippen LogP contribution in [-0.4, -0.2) is 16.3 Å². The number of hydrogen-bond donors (Lipinski definition) is 1. The lowest BCUT2D eigenvalue weighted by Gasteiger charge is -1.97. The third kappa shape index (κ3) is 2.87. The van der Waals surface area contributed by atoms with E-state index < -0.39 is 11.2 Å². The Hall–Kier alpha value is -1.35. The van der Waals surface area contributed by atoms with Gasteiger partial charge in [-0.25, -0.2) is 4.79 Å². The Morgan fingerprint density at radius 1 is 1.23 bits per heavy atom. The molecule has 4 heteroatoms. The number of carbonyl (C=O) groups excluding carboxylic acids is 1. The Balaban J connectivity index is 2.81. The standard InChI is InChI=1S/C9H7ClO3/c10-8(11)5-6-1-3-7(4-2-6)9(12)13/h1-4H,5H2,(H,12,13). The second kappa shape index (κ2) is 4.05. The van der Waals surface area contributed by atoms with Crippen LogP contribution in [0.5, 0.6) is 0 Å². The maximum Gasteiger partial charge on any atom is 0.335 e. The molecule has 0 aliphatic rings. The number of carbonyl (C=O) groups is 2. The van der Waals surface area contributed by atoms with Crippen LogP contribution in [0, 0.1) is 0 Å². The van der Waals surface area contributed by atoms with Gasteiger partial charge in [-0.1, -0.05) is 12.1 Å². The minimum absolute atomic E-state index is 0.126. The zero-order valence-corrected chi connectivity index (χ0v) is 7.41. The molecule has 1 aromatic rings. The first kappa shape index (κ1) is 9.74. The summed E-state index contributed by atoms with van der Waals surface area (Å²) in [7, 11) is 0. The molecule has 0 bridgehead atoms. The van der Waals surface area contributed by atoms with Gasteiger partial charge in [-0.15, -0.1) is 0 Å². The molecule has 13 heavy (non-hydrogen) atoms. The van der Waals surface area contributed by atoms with Crippen molar-refractivity contribution in [1.29, 1.82) is 0 Å². The summed E-state index contributed by atoms with van der Waals surface area (Å²) in [5.41, 5.74) is 0.913. The molecule has 1 rings (SSSR count). The average molecular weight is 199 g/mol. The van der Waals surface area contributed by atoms with Crippen LogP contribution < -0.4 is 0 Å². The predicted octanol–water partition coefficient (Wildman–Crippen LogP) is 1.69. The molecule has 0 saturated carbocycles. The third-order valence-corrected chi connectivity index (χ3v) is 1.68. The molecule has 68 valence electrons. The van der Waals surface area contributed by atoms with Gasteiger partial charge in [0.25, 0.3) is 0 Å². The van der Waals surface area contributed by atoms with Crippen molar-refractivity contribution < 1.29 is 14.7 Å². The van der Waals surface area contributed by atoms with Gasteiger partial charge in [-0.05, 0) is 29.3 Å². The Labute approximate surface area is 79.9 Å². The SMILES string of the molecule is O=C(Cl)Cc1ccc(C(=O)O)cc1. The highest BCUT2D eigenvalue weighted by molar-refractivity contribution is 6.63. The fourth-order valence-corrected chi connectivity index (χ4v) is 1.08. The third-order valence-electron chi connectivity index (χ3n) is 1.54. The minimum atomic E-state index is -0.983. The van der Waals surface area contributed by atoms with E-state index in [1.165, 1.54) is 12.1 Å². The summed E-state index contributed by atoms with van der Waals surface area (Å²) in [6.07, 6.45) is 0.126. The predicted molar refractivity (Wildman–Crippen MR) is 48.0 cm³/mol. The van der Waals surface area contributed by atoms with E-state index in [0.29, 0.717) is 5.56 Å². The summed E-state index contributed by atoms with van der Waals surface area (Å²) < 4.78 is 0. The summed E-state index contributed by atoms with van der Waals surface area (Å²) in [5, 5.41) is 8.11. The van der Waals surface area contributed by atoms with Crippen LogP contribution in [0.2, 0.25) is 0 Å². The van der Waals surface area contributed by atoms with Crippen LogP contribution >= 0.6 is 11.6 Å². The van der Waals surface area contributed by atoms with Crippen molar-refractivity contribution in [3.05, 3.63) is 35.4 Å². The number of halogens is 1. The Bertz CT molecular complexity index is 329. The molecule has 0 aliphatic carbocycles. The van der Waals surface area contributed by atoms with Crippen molar-refractivity contribution in [3.63, 3.8) is 0 Å². The van der Waals surface area contributed by atoms with E-state index in [1.807, 2.05) is 0 Å². The molecule has 0 saturated heterocycles. The van der Waals surface area contributed by atoms with Gasteiger partial charge in [0.05, 0.1) is 5.56 Å². The molecule has 0 aliphatic heterocycles. The lowest BCUT2D eigenvalue weighted by molar-refractivity contribution is -0.111. The fraction of sp³-hybridized carbons (Fsp3) is 0.111. The molecule has 0 atom stereocenters. The Kier molecular flexibility index (Phi) is 3.03. The number of carboxylic acid groups (broad SMARTS) is 1. The monoisotopic (exact) mass is 198 g/mol. The highest BCUT2D eigenvalue weighted by Crippen LogP contribution is 2.06. The van der Waals surface area contributed by atoms with Gasteiger partial charge in [-0.3, -0.25) is 4.79 Å². The van der Waals surface area contributed by atoms with E-state index >= 15 is 0 Å². The summed E-state index contributed by atoms with van der Waals surface area (Å²) >= 11 is 5.16. The van der Waals surface area contributed by atoms with Gasteiger partial charge in [0.15, 0.2) is 0 Å². The first-order valence-corrected chi connectivity index (χ1v) is 3.98. The molecule has 0 amide bonds. The van der Waals surface area contributed by atoms with E-state index in [4.69, 9.17) is 16.7 Å². The summed E-state index contributed by atoms with van der Waals surface area (Å²) in [6, 6.07) is 6.03. The number of aromatic carboxylic acids is 1. The van der Waals surface area contributed by atoms with Crippen LogP contribution in [0.4, 0.5) is 0 Å². The molecule has 3 nitrogen and oxygen atoms in total. The molecular weight excluding hydrogens is 192 g/mol. The van der Waals surface area contributed by atoms with Crippen LogP contribution in [0.1, 0.15) is 15.9 Å². The van der Waals surface area contributed by atoms with Gasteiger partial charge >= 0.3 is 5.97 Å². The molecule has 0 spiro atoms. The normalized spacial score (nSPS) is 9.62. The van der Waals surface area contributed by atoms with Crippen molar-refractivity contribution in [2.75, 3.05) is 0 Å². The first-order valence-electron chi connectivity index (χ1n) is 3.60. The fourth-order valence-electron chi connectivity index (χ4n) is 0.926. The van der Waals surface area contributed by atoms with Crippen LogP contribution in [0.15, 0.2) is 24.3 Å². The molecule has 0 unspecified atom stereocenters. The summed E-state index contributed by atoms with van der Waals surface area (Å²) in [6.45, 7) is 0. The van der Waals surface area contributed by atoms with E-state index in [2.05, 4.69) is 0 Å². The second-order valence-electron chi connectivity index (χ2n) is 2.53. The lowest BCUT2D eigenvalue weighted by atomic mass is 10.1. The minimum Gasteiger partial charge on any atom is -0.478 e. The van der Waals surface area contributed by atoms with Gasteiger partial charge in [0.1, 0.15) is 0 Å². The Morgan fingerprint density at radius 2 is 1.77 bits per heavy atom. The van der Waals surface area contributed by atoms with Crippen molar-refractivity contribution in [2.45, 2.75) is 6.42 Å². The highest BCUT2D eigenvalue weighted by atomic mass is 35.5. The summed E-state index contributed by atoms with van der Waals surface area (Å²) in [5.74, 6) is -0.983. The lowest BCUT2D eigenvalue weighted by Crippen LogP contribution is -1.97. The molecule has 1 aromatic carbocycles. The summed E-state index contributed by atoms with van der Waals surface area (Å²) in [4.78, 5) is 20.9. The van der Waals surface area contributed by atoms with Gasteiger partial charge < -0.3 is 5.11 Å². The van der Waals surface area contributed by atoms with Crippen LogP contribution in [0.3, 0.4) is 0 Å². The van der Waals surface area contributed by atoms with E-state index in [-0.39, 0.29) is 12.0 Å². The van der Waals surface area contributed by atoms with Crippen molar-refractivity contribution in [1.82, 2.24) is 0 Å². The molecular formula is C9H7ClO3. The molecule has 0 radical (unpaired) electrons. The van der Waals surface area contributed by atoms with E-state index in [9.17, 15) is 9.59 Å². The molecule has 1 N–H and O–H groups in total. The highest BCUT2D eigenvalue weighted by Gasteiger charge is 2.03. The van der Waals surface area contributed by atoms with Crippen molar-refractivity contribution in [2.24, 2.45) is 0 Å². The molecule has 0 fully saturated rings. The maximum atomic E-state index is 10.5. The number of benzene rings is 1. The van der Waals surface area contributed by atoms with E-state index in [1.54, 1.807) is 12.1 Å². The Morgan fingerprint density at radius 3 is 2.15 bits per heavy atom. The number of carboxylic acids is 1. The first-order chi connectivity index (χ1) is 6.09. The van der Waals surface area contributed by atoms with Gasteiger partial charge in [0, 0.05) is 6.42 Å². The zero-order chi connectivity index (χ0) is 9.84. The van der Waals surface area contributed by atoms with Crippen LogP contribution in [0.25, 0.3) is 0 Å². The maximum absolute atomic E-state index is 10.5. The number of rotatable bonds is 3. The second-order valence-corrected chi connectivity index (χ2v) is 2.96. The van der Waals surface area contributed by atoms with Crippen LogP contribution in [-0.2, 0) is 11.2 Å². The van der Waals surface area contributed by atoms with Crippen molar-refractivity contribution in [3.8, 4) is 0 Å². The van der Waals surface area contributed by atoms with Crippen molar-refractivity contribution >= 4 is 22.8 Å². The molecule has 0 aromatic heterocycles. The topological polar surface area (TPSA) is 54.4 Å². The smallest absolute Gasteiger partial charge is 0.335 e. The zero-order valence-electron chi connectivity index (χ0n) is 6.66. The number of hydrogen-bond acceptors (Lipinski definition) is 2. The van der Waals surface area contributed by atoms with Gasteiger partial charge in [0.2, 0.25) is 5.24 Å². The average Bonchev–Trinajstić information content (AvgIpc) is 2.04. The largest absolute Gasteiger partial charge is 0.478 e. The van der Waals surface area contributed by atoms with Gasteiger partial charge in [-0.2, -0.15) is 0 Å². The molecule has 0 heterocycles.